The molecule has 0 saturated heterocycles. The highest BCUT2D eigenvalue weighted by atomic mass is 16.5. The Morgan fingerprint density at radius 3 is 2.59 bits per heavy atom. The number of nitriles is 1. The van der Waals surface area contributed by atoms with Crippen molar-refractivity contribution >= 4 is 17.7 Å². The van der Waals surface area contributed by atoms with E-state index in [0.29, 0.717) is 22.6 Å². The number of carbonyl (C=O) groups excluding carboxylic acids is 1. The van der Waals surface area contributed by atoms with E-state index >= 15 is 0 Å². The molecule has 0 unspecified atom stereocenters. The average Bonchev–Trinajstić information content (AvgIpc) is 2.73. The Hall–Kier alpha value is -4.39. The van der Waals surface area contributed by atoms with Crippen molar-refractivity contribution in [1.82, 2.24) is 15.0 Å². The SMILES string of the molecule is COC(=O)c1ccnc(Oc2ccc(-c3nc(N)nc(N)c3C#N)cc2OC)c1. The number of pyridine rings is 1. The van der Waals surface area contributed by atoms with E-state index in [2.05, 4.69) is 19.7 Å². The van der Waals surface area contributed by atoms with Crippen LogP contribution in [0.5, 0.6) is 17.4 Å². The molecule has 4 N–H and O–H groups in total. The number of rotatable bonds is 5. The molecular weight excluding hydrogens is 376 g/mol. The number of anilines is 2. The first kappa shape index (κ1) is 19.4. The summed E-state index contributed by atoms with van der Waals surface area (Å²) >= 11 is 0. The third-order valence-corrected chi connectivity index (χ3v) is 3.87. The molecule has 0 aliphatic heterocycles. The van der Waals surface area contributed by atoms with Crippen LogP contribution in [0.15, 0.2) is 36.5 Å². The van der Waals surface area contributed by atoms with Crippen molar-refractivity contribution < 1.29 is 19.0 Å². The van der Waals surface area contributed by atoms with Gasteiger partial charge in [0.2, 0.25) is 11.8 Å². The Morgan fingerprint density at radius 1 is 1.10 bits per heavy atom. The smallest absolute Gasteiger partial charge is 0.338 e. The number of nitrogen functional groups attached to an aromatic ring is 2. The first-order valence-corrected chi connectivity index (χ1v) is 8.20. The van der Waals surface area contributed by atoms with E-state index in [1.807, 2.05) is 6.07 Å². The van der Waals surface area contributed by atoms with Gasteiger partial charge in [-0.05, 0) is 24.3 Å². The van der Waals surface area contributed by atoms with Gasteiger partial charge in [-0.25, -0.2) is 14.8 Å². The monoisotopic (exact) mass is 392 g/mol. The summed E-state index contributed by atoms with van der Waals surface area (Å²) in [5.74, 6) is 0.263. The second-order valence-electron chi connectivity index (χ2n) is 5.64. The van der Waals surface area contributed by atoms with Crippen molar-refractivity contribution in [2.45, 2.75) is 0 Å². The lowest BCUT2D eigenvalue weighted by Crippen LogP contribution is -2.05. The number of nitrogens with zero attached hydrogens (tertiary/aromatic N) is 4. The second kappa shape index (κ2) is 8.10. The van der Waals surface area contributed by atoms with E-state index in [0.717, 1.165) is 0 Å². The maximum absolute atomic E-state index is 11.7. The molecule has 0 saturated carbocycles. The predicted molar refractivity (Wildman–Crippen MR) is 103 cm³/mol. The molecule has 0 bridgehead atoms. The number of methoxy groups -OCH3 is 2. The third-order valence-electron chi connectivity index (χ3n) is 3.87. The van der Waals surface area contributed by atoms with Crippen LogP contribution in [0.1, 0.15) is 15.9 Å². The van der Waals surface area contributed by atoms with Crippen molar-refractivity contribution in [3.63, 3.8) is 0 Å². The van der Waals surface area contributed by atoms with Crippen LogP contribution < -0.4 is 20.9 Å². The van der Waals surface area contributed by atoms with E-state index in [-0.39, 0.29) is 28.9 Å². The number of nitrogens with two attached hydrogens (primary N) is 2. The minimum Gasteiger partial charge on any atom is -0.493 e. The zero-order valence-electron chi connectivity index (χ0n) is 15.5. The standard InChI is InChI=1S/C19H16N6O4/c1-27-14-7-10(16-12(9-20)17(21)25-19(22)24-16)3-4-13(14)29-15-8-11(5-6-23-15)18(26)28-2/h3-8H,1-2H3,(H4,21,22,24,25). The van der Waals surface area contributed by atoms with E-state index in [4.69, 9.17) is 20.9 Å². The van der Waals surface area contributed by atoms with Crippen LogP contribution in [-0.2, 0) is 4.74 Å². The summed E-state index contributed by atoms with van der Waals surface area (Å²) in [6.07, 6.45) is 1.42. The van der Waals surface area contributed by atoms with Gasteiger partial charge in [-0.2, -0.15) is 10.2 Å². The molecule has 29 heavy (non-hydrogen) atoms. The van der Waals surface area contributed by atoms with Gasteiger partial charge in [0.1, 0.15) is 17.5 Å². The Bertz CT molecular complexity index is 1130. The predicted octanol–water partition coefficient (Wildman–Crippen LogP) is 2.16. The zero-order chi connectivity index (χ0) is 21.0. The summed E-state index contributed by atoms with van der Waals surface area (Å²) in [5.41, 5.74) is 12.6. The van der Waals surface area contributed by atoms with Crippen molar-refractivity contribution in [2.24, 2.45) is 0 Å². The molecule has 0 aliphatic rings. The van der Waals surface area contributed by atoms with Crippen LogP contribution >= 0.6 is 0 Å². The van der Waals surface area contributed by atoms with Gasteiger partial charge in [0, 0.05) is 17.8 Å². The number of hydrogen-bond donors (Lipinski definition) is 2. The van der Waals surface area contributed by atoms with Crippen molar-refractivity contribution in [3.8, 4) is 34.7 Å². The fourth-order valence-electron chi connectivity index (χ4n) is 2.54. The van der Waals surface area contributed by atoms with Crippen molar-refractivity contribution in [2.75, 3.05) is 25.7 Å². The maximum atomic E-state index is 11.7. The van der Waals surface area contributed by atoms with Gasteiger partial charge >= 0.3 is 5.97 Å². The molecule has 0 radical (unpaired) electrons. The van der Waals surface area contributed by atoms with Crippen LogP contribution in [0.2, 0.25) is 0 Å². The lowest BCUT2D eigenvalue weighted by Gasteiger charge is -2.12. The fourth-order valence-corrected chi connectivity index (χ4v) is 2.54. The quantitative estimate of drug-likeness (QED) is 0.616. The second-order valence-corrected chi connectivity index (χ2v) is 5.64. The molecule has 0 spiro atoms. The number of ether oxygens (including phenoxy) is 3. The van der Waals surface area contributed by atoms with Gasteiger partial charge in [-0.15, -0.1) is 0 Å². The zero-order valence-corrected chi connectivity index (χ0v) is 15.5. The molecule has 1 aromatic carbocycles. The highest BCUT2D eigenvalue weighted by molar-refractivity contribution is 5.89. The molecule has 10 nitrogen and oxygen atoms in total. The third kappa shape index (κ3) is 3.98. The van der Waals surface area contributed by atoms with E-state index in [9.17, 15) is 10.1 Å². The van der Waals surface area contributed by atoms with Crippen molar-refractivity contribution in [1.29, 1.82) is 5.26 Å². The van der Waals surface area contributed by atoms with E-state index in [1.165, 1.54) is 32.5 Å². The van der Waals surface area contributed by atoms with Crippen LogP contribution in [0.4, 0.5) is 11.8 Å². The highest BCUT2D eigenvalue weighted by Crippen LogP contribution is 2.36. The van der Waals surface area contributed by atoms with Gasteiger partial charge in [0.05, 0.1) is 25.5 Å². The summed E-state index contributed by atoms with van der Waals surface area (Å²) in [7, 11) is 2.74. The molecule has 3 aromatic rings. The van der Waals surface area contributed by atoms with Gasteiger partial charge in [0.15, 0.2) is 11.5 Å². The van der Waals surface area contributed by atoms with Crippen LogP contribution in [0.3, 0.4) is 0 Å². The molecule has 0 atom stereocenters. The largest absolute Gasteiger partial charge is 0.493 e. The molecular formula is C19H16N6O4. The molecule has 0 aliphatic carbocycles. The number of benzene rings is 1. The number of aromatic nitrogens is 3. The minimum absolute atomic E-state index is 0.0156. The molecule has 0 amide bonds. The first-order valence-electron chi connectivity index (χ1n) is 8.20. The van der Waals surface area contributed by atoms with E-state index in [1.54, 1.807) is 18.2 Å². The Kier molecular flexibility index (Phi) is 5.41. The van der Waals surface area contributed by atoms with Crippen LogP contribution in [0.25, 0.3) is 11.3 Å². The van der Waals surface area contributed by atoms with Crippen LogP contribution in [0, 0.1) is 11.3 Å². The van der Waals surface area contributed by atoms with E-state index < -0.39 is 5.97 Å². The summed E-state index contributed by atoms with van der Waals surface area (Å²) in [4.78, 5) is 23.6. The van der Waals surface area contributed by atoms with Crippen LogP contribution in [-0.4, -0.2) is 35.1 Å². The average molecular weight is 392 g/mol. The number of carbonyl (C=O) groups is 1. The summed E-state index contributed by atoms with van der Waals surface area (Å²) < 4.78 is 15.8. The minimum atomic E-state index is -0.512. The highest BCUT2D eigenvalue weighted by Gasteiger charge is 2.16. The Balaban J connectivity index is 1.99. The number of esters is 1. The summed E-state index contributed by atoms with van der Waals surface area (Å²) in [6, 6.07) is 9.80. The Labute approximate surface area is 165 Å². The number of hydrogen-bond acceptors (Lipinski definition) is 10. The van der Waals surface area contributed by atoms with Gasteiger partial charge in [-0.1, -0.05) is 0 Å². The lowest BCUT2D eigenvalue weighted by molar-refractivity contribution is 0.0600. The van der Waals surface area contributed by atoms with Gasteiger partial charge in [0.25, 0.3) is 0 Å². The molecule has 0 fully saturated rings. The van der Waals surface area contributed by atoms with Crippen molar-refractivity contribution in [3.05, 3.63) is 47.7 Å². The maximum Gasteiger partial charge on any atom is 0.338 e. The fraction of sp³-hybridized carbons (Fsp3) is 0.105. The molecule has 2 heterocycles. The molecule has 2 aromatic heterocycles. The summed E-state index contributed by atoms with van der Waals surface area (Å²) in [6.45, 7) is 0. The normalized spacial score (nSPS) is 10.1. The Morgan fingerprint density at radius 2 is 1.90 bits per heavy atom. The molecule has 3 rings (SSSR count). The first-order chi connectivity index (χ1) is 14.0. The topological polar surface area (TPSA) is 159 Å². The lowest BCUT2D eigenvalue weighted by atomic mass is 10.1. The van der Waals surface area contributed by atoms with Gasteiger partial charge in [-0.3, -0.25) is 0 Å². The molecule has 10 heteroatoms. The molecule has 146 valence electrons. The van der Waals surface area contributed by atoms with Gasteiger partial charge < -0.3 is 25.7 Å². The summed E-state index contributed by atoms with van der Waals surface area (Å²) in [5, 5.41) is 9.37.